The number of nitrogens with one attached hydrogen (secondary N) is 1. The second kappa shape index (κ2) is 6.26. The van der Waals surface area contributed by atoms with Gasteiger partial charge in [0.2, 0.25) is 0 Å². The summed E-state index contributed by atoms with van der Waals surface area (Å²) < 4.78 is 5.32. The van der Waals surface area contributed by atoms with Crippen molar-refractivity contribution in [2.75, 3.05) is 18.6 Å². The van der Waals surface area contributed by atoms with Crippen molar-refractivity contribution < 1.29 is 14.6 Å². The van der Waals surface area contributed by atoms with Crippen LogP contribution in [0, 0.1) is 0 Å². The fourth-order valence-electron chi connectivity index (χ4n) is 3.59. The molecule has 0 fully saturated rings. The Morgan fingerprint density at radius 1 is 1.19 bits per heavy atom. The lowest BCUT2D eigenvalue weighted by Crippen LogP contribution is -2.30. The first-order valence-electron chi connectivity index (χ1n) is 8.56. The van der Waals surface area contributed by atoms with Crippen LogP contribution in [0.2, 0.25) is 0 Å². The number of carbonyl (C=O) groups excluding carboxylic acids is 1. The second-order valence-electron chi connectivity index (χ2n) is 6.40. The van der Waals surface area contributed by atoms with Crippen molar-refractivity contribution in [3.63, 3.8) is 0 Å². The van der Waals surface area contributed by atoms with Crippen molar-refractivity contribution in [1.29, 1.82) is 0 Å². The molecule has 5 heteroatoms. The number of aliphatic hydroxyl groups excluding tert-OH is 1. The highest BCUT2D eigenvalue weighted by atomic mass is 16.5. The summed E-state index contributed by atoms with van der Waals surface area (Å²) >= 11 is 0. The maximum atomic E-state index is 13.2. The van der Waals surface area contributed by atoms with Crippen LogP contribution in [0.4, 0.5) is 5.82 Å². The van der Waals surface area contributed by atoms with Gasteiger partial charge >= 0.3 is 0 Å². The number of aliphatic hydroxyl groups is 1. The maximum absolute atomic E-state index is 13.2. The Bertz CT molecular complexity index is 1010. The Morgan fingerprint density at radius 3 is 2.65 bits per heavy atom. The first-order valence-corrected chi connectivity index (χ1v) is 8.56. The number of fused-ring (bicyclic) bond motifs is 3. The van der Waals surface area contributed by atoms with Crippen molar-refractivity contribution in [3.05, 3.63) is 65.4 Å². The van der Waals surface area contributed by atoms with Crippen molar-refractivity contribution in [3.8, 4) is 5.75 Å². The minimum Gasteiger partial charge on any atom is -0.512 e. The third kappa shape index (κ3) is 2.52. The molecule has 0 saturated heterocycles. The lowest BCUT2D eigenvalue weighted by atomic mass is 10.0. The van der Waals surface area contributed by atoms with Crippen molar-refractivity contribution in [1.82, 2.24) is 4.98 Å². The van der Waals surface area contributed by atoms with Gasteiger partial charge in [0.05, 0.1) is 12.7 Å². The molecule has 1 amide bonds. The van der Waals surface area contributed by atoms with E-state index in [2.05, 4.69) is 4.98 Å². The number of allylic oxidation sites excluding steroid dienone is 1. The second-order valence-corrected chi connectivity index (χ2v) is 6.40. The predicted octanol–water partition coefficient (Wildman–Crippen LogP) is 4.05. The maximum Gasteiger partial charge on any atom is 0.263 e. The van der Waals surface area contributed by atoms with Crippen molar-refractivity contribution in [2.45, 2.75) is 13.3 Å². The molecule has 0 unspecified atom stereocenters. The van der Waals surface area contributed by atoms with Gasteiger partial charge in [0.1, 0.15) is 17.3 Å². The predicted molar refractivity (Wildman–Crippen MR) is 103 cm³/mol. The lowest BCUT2D eigenvalue weighted by molar-refractivity contribution is -0.113. The van der Waals surface area contributed by atoms with Gasteiger partial charge in [0, 0.05) is 23.0 Å². The first-order chi connectivity index (χ1) is 12.6. The highest BCUT2D eigenvalue weighted by molar-refractivity contribution is 6.27. The molecule has 0 radical (unpaired) electrons. The third-order valence-electron chi connectivity index (χ3n) is 4.83. The summed E-state index contributed by atoms with van der Waals surface area (Å²) in [6.07, 6.45) is 0.765. The zero-order valence-corrected chi connectivity index (χ0v) is 14.7. The monoisotopic (exact) mass is 348 g/mol. The number of nitrogens with zero attached hydrogens (tertiary/aromatic N) is 1. The number of rotatable bonds is 3. The SMILES string of the molecule is COc1ccc2[nH]c3c(c2c1)CCN3C(=O)/C(=C(\C)O)c1ccccc1. The number of carbonyl (C=O) groups is 1. The van der Waals surface area contributed by atoms with Gasteiger partial charge in [-0.1, -0.05) is 30.3 Å². The Morgan fingerprint density at radius 2 is 1.96 bits per heavy atom. The normalized spacial score (nSPS) is 14.3. The molecule has 0 spiro atoms. The van der Waals surface area contributed by atoms with Crippen LogP contribution in [0.25, 0.3) is 16.5 Å². The number of methoxy groups -OCH3 is 1. The standard InChI is InChI=1S/C21H20N2O3/c1-13(24)19(14-6-4-3-5-7-14)21(25)23-11-10-16-17-12-15(26-2)8-9-18(17)22-20(16)23/h3-9,12,22,24H,10-11H2,1-2H3/b19-13+. The van der Waals surface area contributed by atoms with E-state index in [-0.39, 0.29) is 11.7 Å². The molecule has 0 bridgehead atoms. The van der Waals surface area contributed by atoms with E-state index in [1.54, 1.807) is 18.9 Å². The van der Waals surface area contributed by atoms with Gasteiger partial charge in [0.15, 0.2) is 0 Å². The molecular weight excluding hydrogens is 328 g/mol. The molecule has 0 aliphatic carbocycles. The zero-order valence-electron chi connectivity index (χ0n) is 14.7. The molecule has 1 aromatic heterocycles. The number of anilines is 1. The van der Waals surface area contributed by atoms with Gasteiger partial charge in [-0.3, -0.25) is 9.69 Å². The molecule has 2 N–H and O–H groups in total. The summed E-state index contributed by atoms with van der Waals surface area (Å²) in [6.45, 7) is 2.13. The van der Waals surface area contributed by atoms with Crippen LogP contribution in [0.5, 0.6) is 5.75 Å². The number of aromatic amines is 1. The van der Waals surface area contributed by atoms with Crippen LogP contribution in [0.1, 0.15) is 18.1 Å². The minimum absolute atomic E-state index is 0.0208. The van der Waals surface area contributed by atoms with E-state index in [1.807, 2.05) is 48.5 Å². The molecule has 132 valence electrons. The molecule has 2 heterocycles. The largest absolute Gasteiger partial charge is 0.512 e. The summed E-state index contributed by atoms with van der Waals surface area (Å²) in [5, 5.41) is 11.2. The van der Waals surface area contributed by atoms with Crippen LogP contribution >= 0.6 is 0 Å². The number of hydrogen-bond donors (Lipinski definition) is 2. The van der Waals surface area contributed by atoms with E-state index in [9.17, 15) is 9.90 Å². The van der Waals surface area contributed by atoms with E-state index in [0.29, 0.717) is 17.7 Å². The zero-order chi connectivity index (χ0) is 18.3. The molecule has 4 rings (SSSR count). The summed E-state index contributed by atoms with van der Waals surface area (Å²) in [5.41, 5.74) is 3.12. The topological polar surface area (TPSA) is 65.6 Å². The molecular formula is C21H20N2O3. The van der Waals surface area contributed by atoms with Crippen molar-refractivity contribution in [2.24, 2.45) is 0 Å². The highest BCUT2D eigenvalue weighted by Crippen LogP contribution is 2.37. The number of benzene rings is 2. The molecule has 5 nitrogen and oxygen atoms in total. The highest BCUT2D eigenvalue weighted by Gasteiger charge is 2.31. The van der Waals surface area contributed by atoms with E-state index in [0.717, 1.165) is 34.5 Å². The Kier molecular flexibility index (Phi) is 3.92. The Balaban J connectivity index is 1.77. The number of hydrogen-bond acceptors (Lipinski definition) is 3. The molecule has 3 aromatic rings. The quantitative estimate of drug-likeness (QED) is 0.554. The Hall–Kier alpha value is -3.21. The van der Waals surface area contributed by atoms with Gasteiger partial charge < -0.3 is 14.8 Å². The minimum atomic E-state index is -0.200. The third-order valence-corrected chi connectivity index (χ3v) is 4.83. The van der Waals surface area contributed by atoms with Gasteiger partial charge in [-0.2, -0.15) is 0 Å². The van der Waals surface area contributed by atoms with Crippen LogP contribution in [-0.2, 0) is 11.2 Å². The van der Waals surface area contributed by atoms with Gasteiger partial charge in [-0.05, 0) is 37.1 Å². The summed E-state index contributed by atoms with van der Waals surface area (Å²) in [4.78, 5) is 18.3. The number of ether oxygens (including phenoxy) is 1. The Labute approximate surface area is 151 Å². The summed E-state index contributed by atoms with van der Waals surface area (Å²) in [5.74, 6) is 1.41. The lowest BCUT2D eigenvalue weighted by Gasteiger charge is -2.19. The summed E-state index contributed by atoms with van der Waals surface area (Å²) in [6, 6.07) is 15.1. The van der Waals surface area contributed by atoms with E-state index in [4.69, 9.17) is 4.74 Å². The molecule has 1 aliphatic heterocycles. The molecule has 2 aromatic carbocycles. The van der Waals surface area contributed by atoms with Gasteiger partial charge in [-0.25, -0.2) is 0 Å². The van der Waals surface area contributed by atoms with Crippen LogP contribution in [-0.4, -0.2) is 29.7 Å². The van der Waals surface area contributed by atoms with E-state index < -0.39 is 0 Å². The molecule has 1 aliphatic rings. The van der Waals surface area contributed by atoms with Crippen LogP contribution in [0.15, 0.2) is 54.3 Å². The average Bonchev–Trinajstić information content (AvgIpc) is 3.21. The summed E-state index contributed by atoms with van der Waals surface area (Å²) in [7, 11) is 1.64. The first kappa shape index (κ1) is 16.3. The van der Waals surface area contributed by atoms with Gasteiger partial charge in [-0.15, -0.1) is 0 Å². The van der Waals surface area contributed by atoms with Crippen LogP contribution in [0.3, 0.4) is 0 Å². The molecule has 0 saturated carbocycles. The number of aromatic nitrogens is 1. The van der Waals surface area contributed by atoms with Gasteiger partial charge in [0.25, 0.3) is 5.91 Å². The fourth-order valence-corrected chi connectivity index (χ4v) is 3.59. The molecule has 0 atom stereocenters. The average molecular weight is 348 g/mol. The molecule has 26 heavy (non-hydrogen) atoms. The van der Waals surface area contributed by atoms with E-state index >= 15 is 0 Å². The number of H-pyrrole nitrogens is 1. The van der Waals surface area contributed by atoms with Crippen LogP contribution < -0.4 is 9.64 Å². The fraction of sp³-hybridized carbons (Fsp3) is 0.190. The smallest absolute Gasteiger partial charge is 0.263 e. The number of amides is 1. The van der Waals surface area contributed by atoms with E-state index in [1.165, 1.54) is 0 Å². The van der Waals surface area contributed by atoms with Crippen molar-refractivity contribution >= 4 is 28.2 Å².